The summed E-state index contributed by atoms with van der Waals surface area (Å²) in [6.45, 7) is 9.70. The summed E-state index contributed by atoms with van der Waals surface area (Å²) < 4.78 is 6.23. The van der Waals surface area contributed by atoms with Gasteiger partial charge in [-0.3, -0.25) is 0 Å². The Morgan fingerprint density at radius 3 is 2.38 bits per heavy atom. The molecule has 2 nitrogen and oxygen atoms in total. The Labute approximate surface area is 130 Å². The summed E-state index contributed by atoms with van der Waals surface area (Å²) in [5.74, 6) is 1.61. The Balaban J connectivity index is 1.87. The normalized spacial score (nSPS) is 26.0. The van der Waals surface area contributed by atoms with E-state index in [1.54, 1.807) is 0 Å². The highest BCUT2D eigenvalue weighted by Crippen LogP contribution is 2.30. The van der Waals surface area contributed by atoms with Crippen LogP contribution < -0.4 is 5.32 Å². The molecule has 1 aromatic carbocycles. The number of nitrogens with one attached hydrogen (secondary N) is 1. The van der Waals surface area contributed by atoms with Crippen LogP contribution in [0.1, 0.15) is 57.6 Å². The lowest BCUT2D eigenvalue weighted by molar-refractivity contribution is -0.00943. The first kappa shape index (κ1) is 16.5. The molecule has 2 atom stereocenters. The van der Waals surface area contributed by atoms with E-state index in [2.05, 4.69) is 50.4 Å². The Morgan fingerprint density at radius 2 is 1.71 bits per heavy atom. The van der Waals surface area contributed by atoms with Crippen LogP contribution in [0, 0.1) is 11.8 Å². The highest BCUT2D eigenvalue weighted by molar-refractivity contribution is 5.26. The van der Waals surface area contributed by atoms with Crippen LogP contribution in [0.2, 0.25) is 0 Å². The van der Waals surface area contributed by atoms with Gasteiger partial charge in [0.05, 0.1) is 12.7 Å². The smallest absolute Gasteiger partial charge is 0.0723 e. The van der Waals surface area contributed by atoms with E-state index in [0.29, 0.717) is 6.10 Å². The number of hydrogen-bond acceptors (Lipinski definition) is 2. The van der Waals surface area contributed by atoms with Crippen molar-refractivity contribution < 1.29 is 4.74 Å². The van der Waals surface area contributed by atoms with Crippen LogP contribution in [0.5, 0.6) is 0 Å². The molecule has 0 spiro atoms. The molecule has 2 heteroatoms. The van der Waals surface area contributed by atoms with Crippen molar-refractivity contribution in [1.29, 1.82) is 0 Å². The van der Waals surface area contributed by atoms with E-state index in [1.807, 2.05) is 0 Å². The molecule has 0 amide bonds. The van der Waals surface area contributed by atoms with Crippen LogP contribution in [0.25, 0.3) is 0 Å². The minimum absolute atomic E-state index is 0.445. The monoisotopic (exact) mass is 289 g/mol. The average molecular weight is 289 g/mol. The molecule has 2 rings (SSSR count). The van der Waals surface area contributed by atoms with Gasteiger partial charge >= 0.3 is 0 Å². The highest BCUT2D eigenvalue weighted by Gasteiger charge is 2.24. The second-order valence-electron chi connectivity index (χ2n) is 6.80. The molecule has 0 aromatic heterocycles. The standard InChI is InChI=1S/C19H31NO/c1-4-9-20-13-17-7-5-6-8-18(17)14-21-19-11-15(2)10-16(3)12-19/h5-8,15-16,19-20H,4,9-14H2,1-3H3. The zero-order valence-corrected chi connectivity index (χ0v) is 13.9. The molecular formula is C19H31NO. The third-order valence-electron chi connectivity index (χ3n) is 4.47. The van der Waals surface area contributed by atoms with Crippen molar-refractivity contribution in [1.82, 2.24) is 5.32 Å². The van der Waals surface area contributed by atoms with Gasteiger partial charge in [-0.2, -0.15) is 0 Å². The fourth-order valence-electron chi connectivity index (χ4n) is 3.49. The van der Waals surface area contributed by atoms with Crippen molar-refractivity contribution in [3.63, 3.8) is 0 Å². The highest BCUT2D eigenvalue weighted by atomic mass is 16.5. The first-order valence-corrected chi connectivity index (χ1v) is 8.58. The van der Waals surface area contributed by atoms with Crippen molar-refractivity contribution in [2.24, 2.45) is 11.8 Å². The molecule has 0 radical (unpaired) electrons. The summed E-state index contributed by atoms with van der Waals surface area (Å²) in [6, 6.07) is 8.66. The van der Waals surface area contributed by atoms with Gasteiger partial charge in [0.2, 0.25) is 0 Å². The topological polar surface area (TPSA) is 21.3 Å². The van der Waals surface area contributed by atoms with Gasteiger partial charge in [-0.25, -0.2) is 0 Å². The predicted molar refractivity (Wildman–Crippen MR) is 89.2 cm³/mol. The van der Waals surface area contributed by atoms with Crippen LogP contribution in [0.15, 0.2) is 24.3 Å². The molecule has 0 aliphatic heterocycles. The van der Waals surface area contributed by atoms with Crippen LogP contribution in [0.4, 0.5) is 0 Å². The zero-order valence-electron chi connectivity index (χ0n) is 13.9. The van der Waals surface area contributed by atoms with E-state index in [9.17, 15) is 0 Å². The molecule has 1 aliphatic carbocycles. The number of rotatable bonds is 7. The molecule has 1 aromatic rings. The van der Waals surface area contributed by atoms with Crippen LogP contribution in [0.3, 0.4) is 0 Å². The summed E-state index contributed by atoms with van der Waals surface area (Å²) in [7, 11) is 0. The maximum absolute atomic E-state index is 6.23. The van der Waals surface area contributed by atoms with E-state index in [1.165, 1.54) is 36.8 Å². The largest absolute Gasteiger partial charge is 0.374 e. The van der Waals surface area contributed by atoms with Gasteiger partial charge in [-0.15, -0.1) is 0 Å². The van der Waals surface area contributed by atoms with Crippen LogP contribution >= 0.6 is 0 Å². The van der Waals surface area contributed by atoms with Crippen molar-refractivity contribution in [3.8, 4) is 0 Å². The number of ether oxygens (including phenoxy) is 1. The van der Waals surface area contributed by atoms with E-state index in [-0.39, 0.29) is 0 Å². The van der Waals surface area contributed by atoms with E-state index < -0.39 is 0 Å². The van der Waals surface area contributed by atoms with Gasteiger partial charge in [-0.05, 0) is 55.2 Å². The summed E-state index contributed by atoms with van der Waals surface area (Å²) >= 11 is 0. The first-order chi connectivity index (χ1) is 10.2. The molecule has 0 saturated heterocycles. The van der Waals surface area contributed by atoms with E-state index in [0.717, 1.165) is 31.5 Å². The van der Waals surface area contributed by atoms with Gasteiger partial charge in [-0.1, -0.05) is 45.0 Å². The molecular weight excluding hydrogens is 258 g/mol. The lowest BCUT2D eigenvalue weighted by atomic mass is 9.82. The summed E-state index contributed by atoms with van der Waals surface area (Å²) in [6.07, 6.45) is 5.43. The Hall–Kier alpha value is -0.860. The molecule has 1 N–H and O–H groups in total. The van der Waals surface area contributed by atoms with Gasteiger partial charge in [0, 0.05) is 6.54 Å². The minimum Gasteiger partial charge on any atom is -0.374 e. The maximum atomic E-state index is 6.23. The van der Waals surface area contributed by atoms with Crippen molar-refractivity contribution in [2.45, 2.75) is 65.7 Å². The van der Waals surface area contributed by atoms with Crippen molar-refractivity contribution >= 4 is 0 Å². The van der Waals surface area contributed by atoms with Crippen LogP contribution in [-0.2, 0) is 17.9 Å². The number of hydrogen-bond donors (Lipinski definition) is 1. The third-order valence-corrected chi connectivity index (χ3v) is 4.47. The summed E-state index contributed by atoms with van der Waals surface area (Å²) in [4.78, 5) is 0. The fourth-order valence-corrected chi connectivity index (χ4v) is 3.49. The summed E-state index contributed by atoms with van der Waals surface area (Å²) in [5.41, 5.74) is 2.72. The quantitative estimate of drug-likeness (QED) is 0.745. The second-order valence-corrected chi connectivity index (χ2v) is 6.80. The number of benzene rings is 1. The maximum Gasteiger partial charge on any atom is 0.0723 e. The van der Waals surface area contributed by atoms with E-state index in [4.69, 9.17) is 4.74 Å². The lowest BCUT2D eigenvalue weighted by Gasteiger charge is -2.31. The van der Waals surface area contributed by atoms with Gasteiger partial charge in [0.25, 0.3) is 0 Å². The zero-order chi connectivity index (χ0) is 15.1. The Kier molecular flexibility index (Phi) is 6.72. The third kappa shape index (κ3) is 5.44. The summed E-state index contributed by atoms with van der Waals surface area (Å²) in [5, 5.41) is 3.49. The van der Waals surface area contributed by atoms with Crippen LogP contribution in [-0.4, -0.2) is 12.6 Å². The Bertz CT molecular complexity index is 408. The second kappa shape index (κ2) is 8.55. The molecule has 1 aliphatic rings. The fraction of sp³-hybridized carbons (Fsp3) is 0.684. The van der Waals surface area contributed by atoms with Gasteiger partial charge in [0.1, 0.15) is 0 Å². The van der Waals surface area contributed by atoms with Gasteiger partial charge in [0.15, 0.2) is 0 Å². The minimum atomic E-state index is 0.445. The average Bonchev–Trinajstić information content (AvgIpc) is 2.45. The Morgan fingerprint density at radius 1 is 1.05 bits per heavy atom. The first-order valence-electron chi connectivity index (χ1n) is 8.58. The molecule has 1 fully saturated rings. The molecule has 118 valence electrons. The van der Waals surface area contributed by atoms with Gasteiger partial charge < -0.3 is 10.1 Å². The van der Waals surface area contributed by atoms with E-state index >= 15 is 0 Å². The van der Waals surface area contributed by atoms with Crippen molar-refractivity contribution in [2.75, 3.05) is 6.54 Å². The molecule has 0 bridgehead atoms. The molecule has 2 unspecified atom stereocenters. The predicted octanol–water partition coefficient (Wildman–Crippen LogP) is 4.53. The lowest BCUT2D eigenvalue weighted by Crippen LogP contribution is -2.26. The molecule has 1 saturated carbocycles. The SMILES string of the molecule is CCCNCc1ccccc1COC1CC(C)CC(C)C1. The molecule has 21 heavy (non-hydrogen) atoms. The molecule has 0 heterocycles. The van der Waals surface area contributed by atoms with Crippen molar-refractivity contribution in [3.05, 3.63) is 35.4 Å².